The highest BCUT2D eigenvalue weighted by molar-refractivity contribution is 5.68. The van der Waals surface area contributed by atoms with Crippen LogP contribution in [0.3, 0.4) is 0 Å². The van der Waals surface area contributed by atoms with E-state index in [0.29, 0.717) is 12.1 Å². The number of hydrogen-bond donors (Lipinski definition) is 1. The Kier molecular flexibility index (Phi) is 4.39. The lowest BCUT2D eigenvalue weighted by Gasteiger charge is -2.40. The molecular weight excluding hydrogens is 240 g/mol. The molecule has 2 fully saturated rings. The van der Waals surface area contributed by atoms with Crippen molar-refractivity contribution in [3.05, 3.63) is 0 Å². The number of hydrogen-bond acceptors (Lipinski definition) is 3. The predicted molar refractivity (Wildman–Crippen MR) is 76.2 cm³/mol. The molecule has 1 heterocycles. The number of amides is 1. The van der Waals surface area contributed by atoms with E-state index in [9.17, 15) is 4.79 Å². The van der Waals surface area contributed by atoms with Crippen molar-refractivity contribution in [2.75, 3.05) is 6.54 Å². The van der Waals surface area contributed by atoms with Crippen molar-refractivity contribution in [1.82, 2.24) is 10.2 Å². The first-order valence-corrected chi connectivity index (χ1v) is 7.62. The van der Waals surface area contributed by atoms with E-state index in [2.05, 4.69) is 12.2 Å². The summed E-state index contributed by atoms with van der Waals surface area (Å²) in [6.07, 6.45) is 5.79. The van der Waals surface area contributed by atoms with Gasteiger partial charge in [-0.05, 0) is 59.8 Å². The topological polar surface area (TPSA) is 41.6 Å². The fraction of sp³-hybridized carbons (Fsp3) is 0.933. The molecule has 0 unspecified atom stereocenters. The molecule has 2 aliphatic rings. The average molecular weight is 268 g/mol. The molecule has 4 heteroatoms. The fourth-order valence-corrected chi connectivity index (χ4v) is 2.76. The Morgan fingerprint density at radius 1 is 1.26 bits per heavy atom. The lowest BCUT2D eigenvalue weighted by molar-refractivity contribution is 0.00551. The zero-order valence-electron chi connectivity index (χ0n) is 12.7. The Balaban J connectivity index is 1.95. The lowest BCUT2D eigenvalue weighted by Crippen LogP contribution is -2.54. The molecule has 19 heavy (non-hydrogen) atoms. The molecule has 0 aromatic rings. The van der Waals surface area contributed by atoms with Crippen LogP contribution in [0.15, 0.2) is 0 Å². The minimum atomic E-state index is -0.410. The second-order valence-electron chi connectivity index (χ2n) is 6.97. The van der Waals surface area contributed by atoms with Crippen LogP contribution in [0, 0.1) is 0 Å². The van der Waals surface area contributed by atoms with Crippen LogP contribution in [0.4, 0.5) is 4.79 Å². The van der Waals surface area contributed by atoms with Gasteiger partial charge in [-0.25, -0.2) is 4.79 Å². The minimum Gasteiger partial charge on any atom is -0.444 e. The molecule has 1 aliphatic carbocycles. The molecule has 0 spiro atoms. The summed E-state index contributed by atoms with van der Waals surface area (Å²) in [5.74, 6) is 0. The molecule has 110 valence electrons. The van der Waals surface area contributed by atoms with Crippen LogP contribution in [0.25, 0.3) is 0 Å². The van der Waals surface area contributed by atoms with Crippen LogP contribution in [-0.2, 0) is 4.74 Å². The van der Waals surface area contributed by atoms with Gasteiger partial charge in [0.05, 0.1) is 6.04 Å². The monoisotopic (exact) mass is 268 g/mol. The summed E-state index contributed by atoms with van der Waals surface area (Å²) in [4.78, 5) is 14.2. The average Bonchev–Trinajstić information content (AvgIpc) is 3.10. The quantitative estimate of drug-likeness (QED) is 0.855. The molecular formula is C15H28N2O2. The van der Waals surface area contributed by atoms with Gasteiger partial charge in [-0.1, -0.05) is 0 Å². The zero-order valence-corrected chi connectivity index (χ0v) is 12.7. The molecule has 0 bridgehead atoms. The Morgan fingerprint density at radius 2 is 1.95 bits per heavy atom. The number of nitrogens with one attached hydrogen (secondary N) is 1. The highest BCUT2D eigenvalue weighted by atomic mass is 16.6. The normalized spacial score (nSPS) is 26.1. The van der Waals surface area contributed by atoms with Crippen molar-refractivity contribution in [2.45, 2.75) is 83.5 Å². The molecule has 2 atom stereocenters. The fourth-order valence-electron chi connectivity index (χ4n) is 2.76. The van der Waals surface area contributed by atoms with Gasteiger partial charge in [-0.2, -0.15) is 0 Å². The number of rotatable bonds is 3. The van der Waals surface area contributed by atoms with Crippen LogP contribution >= 0.6 is 0 Å². The highest BCUT2D eigenvalue weighted by Crippen LogP contribution is 2.25. The van der Waals surface area contributed by atoms with Gasteiger partial charge in [0.15, 0.2) is 0 Å². The summed E-state index contributed by atoms with van der Waals surface area (Å²) >= 11 is 0. The summed E-state index contributed by atoms with van der Waals surface area (Å²) in [7, 11) is 0. The summed E-state index contributed by atoms with van der Waals surface area (Å²) in [5, 5.41) is 3.62. The summed E-state index contributed by atoms with van der Waals surface area (Å²) in [5.41, 5.74) is -0.410. The van der Waals surface area contributed by atoms with E-state index in [-0.39, 0.29) is 12.1 Å². The summed E-state index contributed by atoms with van der Waals surface area (Å²) < 4.78 is 5.54. The third kappa shape index (κ3) is 4.37. The van der Waals surface area contributed by atoms with E-state index in [0.717, 1.165) is 19.4 Å². The summed E-state index contributed by atoms with van der Waals surface area (Å²) in [6.45, 7) is 8.81. The molecule has 0 aromatic carbocycles. The van der Waals surface area contributed by atoms with Crippen molar-refractivity contribution in [3.63, 3.8) is 0 Å². The van der Waals surface area contributed by atoms with Crippen LogP contribution in [0.1, 0.15) is 59.8 Å². The maximum Gasteiger partial charge on any atom is 0.410 e. The van der Waals surface area contributed by atoms with E-state index in [1.54, 1.807) is 0 Å². The van der Waals surface area contributed by atoms with Gasteiger partial charge < -0.3 is 15.0 Å². The van der Waals surface area contributed by atoms with Gasteiger partial charge in [0, 0.05) is 18.6 Å². The first-order valence-electron chi connectivity index (χ1n) is 7.62. The summed E-state index contributed by atoms with van der Waals surface area (Å²) in [6, 6.07) is 1.32. The lowest BCUT2D eigenvalue weighted by atomic mass is 9.97. The van der Waals surface area contributed by atoms with Gasteiger partial charge in [0.1, 0.15) is 5.60 Å². The SMILES string of the molecule is C[C@@H](NC1CC1)[C@H]1CCCCN1C(=O)OC(C)(C)C. The number of carbonyl (C=O) groups excluding carboxylic acids is 1. The molecule has 0 aromatic heterocycles. The second kappa shape index (κ2) is 5.70. The number of ether oxygens (including phenoxy) is 1. The maximum atomic E-state index is 12.3. The maximum absolute atomic E-state index is 12.3. The van der Waals surface area contributed by atoms with E-state index >= 15 is 0 Å². The predicted octanol–water partition coefficient (Wildman–Crippen LogP) is 2.92. The molecule has 4 nitrogen and oxygen atoms in total. The Labute approximate surface area is 116 Å². The van der Waals surface area contributed by atoms with Crippen LogP contribution in [-0.4, -0.2) is 41.3 Å². The van der Waals surface area contributed by atoms with Gasteiger partial charge in [-0.3, -0.25) is 0 Å². The number of nitrogens with zero attached hydrogens (tertiary/aromatic N) is 1. The molecule has 1 aliphatic heterocycles. The van der Waals surface area contributed by atoms with Gasteiger partial charge >= 0.3 is 6.09 Å². The zero-order chi connectivity index (χ0) is 14.0. The third-order valence-corrected chi connectivity index (χ3v) is 3.83. The van der Waals surface area contributed by atoms with Gasteiger partial charge in [0.25, 0.3) is 0 Å². The van der Waals surface area contributed by atoms with E-state index < -0.39 is 5.60 Å². The van der Waals surface area contributed by atoms with Crippen molar-refractivity contribution in [3.8, 4) is 0 Å². The smallest absolute Gasteiger partial charge is 0.410 e. The van der Waals surface area contributed by atoms with Crippen molar-refractivity contribution in [2.24, 2.45) is 0 Å². The number of likely N-dealkylation sites (tertiary alicyclic amines) is 1. The molecule has 2 rings (SSSR count). The molecule has 0 radical (unpaired) electrons. The van der Waals surface area contributed by atoms with Crippen LogP contribution in [0.2, 0.25) is 0 Å². The molecule has 1 saturated carbocycles. The molecule has 1 amide bonds. The van der Waals surface area contributed by atoms with Crippen LogP contribution in [0.5, 0.6) is 0 Å². The Morgan fingerprint density at radius 3 is 2.53 bits per heavy atom. The van der Waals surface area contributed by atoms with Crippen molar-refractivity contribution in [1.29, 1.82) is 0 Å². The van der Waals surface area contributed by atoms with Crippen LogP contribution < -0.4 is 5.32 Å². The van der Waals surface area contributed by atoms with Gasteiger partial charge in [-0.15, -0.1) is 0 Å². The second-order valence-corrected chi connectivity index (χ2v) is 6.97. The first-order chi connectivity index (χ1) is 8.87. The van der Waals surface area contributed by atoms with E-state index in [1.807, 2.05) is 25.7 Å². The van der Waals surface area contributed by atoms with Crippen molar-refractivity contribution >= 4 is 6.09 Å². The Bertz CT molecular complexity index is 321. The molecule has 1 N–H and O–H groups in total. The number of piperidine rings is 1. The standard InChI is InChI=1S/C15H28N2O2/c1-11(16-12-8-9-12)13-7-5-6-10-17(13)14(18)19-15(2,3)4/h11-13,16H,5-10H2,1-4H3/t11-,13-/m1/s1. The largest absolute Gasteiger partial charge is 0.444 e. The Hall–Kier alpha value is -0.770. The third-order valence-electron chi connectivity index (χ3n) is 3.83. The van der Waals surface area contributed by atoms with Crippen molar-refractivity contribution < 1.29 is 9.53 Å². The first kappa shape index (κ1) is 14.6. The van der Waals surface area contributed by atoms with Gasteiger partial charge in [0.2, 0.25) is 0 Å². The van der Waals surface area contributed by atoms with E-state index in [4.69, 9.17) is 4.74 Å². The highest BCUT2D eigenvalue weighted by Gasteiger charge is 2.35. The molecule has 1 saturated heterocycles. The minimum absolute atomic E-state index is 0.151. The van der Waals surface area contributed by atoms with E-state index in [1.165, 1.54) is 19.3 Å². The number of carbonyl (C=O) groups is 1.